The first-order chi connectivity index (χ1) is 58.2. The fourth-order valence-corrected chi connectivity index (χ4v) is 14.8. The van der Waals surface area contributed by atoms with Gasteiger partial charge in [0.2, 0.25) is 0 Å². The van der Waals surface area contributed by atoms with Crippen molar-refractivity contribution in [3.63, 3.8) is 0 Å². The maximum atomic E-state index is 14.7. The third-order valence-electron chi connectivity index (χ3n) is 17.2. The molecule has 53 heteroatoms. The number of aryl methyl sites for hydroxylation is 1. The molecule has 2 fully saturated rings. The van der Waals surface area contributed by atoms with Crippen LogP contribution in [0.5, 0.6) is 17.2 Å². The number of thiol groups is 1. The van der Waals surface area contributed by atoms with Crippen molar-refractivity contribution in [3.05, 3.63) is 225 Å². The van der Waals surface area contributed by atoms with Gasteiger partial charge in [-0.05, 0) is 132 Å². The molecule has 0 unspecified atom stereocenters. The Labute approximate surface area is 823 Å². The second kappa shape index (κ2) is 50.9. The van der Waals surface area contributed by atoms with Crippen molar-refractivity contribution in [1.82, 2.24) is 55.6 Å². The average Bonchev–Trinajstić information content (AvgIpc) is 1.69. The summed E-state index contributed by atoms with van der Waals surface area (Å²) in [7, 11) is 4.34. The van der Waals surface area contributed by atoms with Gasteiger partial charge in [0.1, 0.15) is 69.5 Å². The summed E-state index contributed by atoms with van der Waals surface area (Å²) < 4.78 is 272. The van der Waals surface area contributed by atoms with Crippen LogP contribution in [0, 0.1) is 40.6 Å². The van der Waals surface area contributed by atoms with Crippen LogP contribution in [0.1, 0.15) is 75.5 Å². The molecule has 6 aromatic heterocycles. The number of alkyl halides is 16. The number of benzene rings is 6. The predicted octanol–water partition coefficient (Wildman–Crippen LogP) is 11.5. The molecule has 0 aliphatic carbocycles. The number of H-pyrrole nitrogens is 3. The number of piperidine rings is 2. The molecule has 2 aliphatic heterocycles. The SMILES string of the molecule is Cc1nc(-c2ccc(C(F)(F)F)cc2)sc1COc1ccc(-c2noc(=O)[nH]2)c(F)c1.FC(F)(F)C1CCNCC1.O=CO[O-].O=c1[nH]c(-c2ccc(OCc3sc(-c4ccc(C(F)(F)F)cc4)nc3CBr)cc2F)no1.O=c1[nH]c(-c2ccc(OCc3sc(-c4ccc(C(F)(F)F)cc4)nc3CN3CCC(C(F)(F)F)CC3)cc2F)no1.[B].[B]=NS.[H-].[K+].[K+].[NH]=[Al]. The van der Waals surface area contributed by atoms with Gasteiger partial charge in [-0.15, -0.1) is 34.0 Å². The fraction of sp³-hybridized carbons (Fsp3) is 0.288. The molecule has 25 nitrogen and oxygen atoms in total. The van der Waals surface area contributed by atoms with Gasteiger partial charge in [-0.2, -0.15) is 65.9 Å². The van der Waals surface area contributed by atoms with Crippen LogP contribution < -0.4 is 145 Å². The van der Waals surface area contributed by atoms with E-state index in [9.17, 15) is 93.4 Å². The van der Waals surface area contributed by atoms with Gasteiger partial charge in [-0.3, -0.25) is 38.2 Å². The van der Waals surface area contributed by atoms with Crippen molar-refractivity contribution in [1.29, 1.82) is 4.35 Å². The second-order valence-corrected chi connectivity index (χ2v) is 29.3. The van der Waals surface area contributed by atoms with E-state index >= 15 is 0 Å². The summed E-state index contributed by atoms with van der Waals surface area (Å²) in [6.07, 6.45) is -21.1. The Morgan fingerprint density at radius 3 is 1.13 bits per heavy atom. The van der Waals surface area contributed by atoms with Crippen LogP contribution in [0.2, 0.25) is 0 Å². The number of nitrogens with zero attached hydrogens (tertiary/aromatic N) is 8. The number of thiazole rings is 3. The predicted molar refractivity (Wildman–Crippen MR) is 421 cm³/mol. The molecule has 5 N–H and O–H groups in total. The van der Waals surface area contributed by atoms with Gasteiger partial charge in [0.05, 0.1) is 76.9 Å². The number of carbonyl (C=O) groups excluding carboxylic acids is 1. The van der Waals surface area contributed by atoms with E-state index in [4.69, 9.17) is 28.6 Å². The van der Waals surface area contributed by atoms with Gasteiger partial charge in [0.25, 0.3) is 6.47 Å². The number of nitrogens with one attached hydrogen (secondary N) is 5. The van der Waals surface area contributed by atoms with Crippen molar-refractivity contribution >= 4 is 101 Å². The summed E-state index contributed by atoms with van der Waals surface area (Å²) in [5.41, 5.74) is 1.19. The fourth-order valence-electron chi connectivity index (χ4n) is 11.2. The zero-order chi connectivity index (χ0) is 90.2. The number of halogens is 19. The van der Waals surface area contributed by atoms with Gasteiger partial charge < -0.3 is 31.1 Å². The van der Waals surface area contributed by atoms with Crippen LogP contribution in [0.4, 0.5) is 79.0 Å². The first-order valence-electron chi connectivity index (χ1n) is 34.9. The third kappa shape index (κ3) is 32.8. The first-order valence-corrected chi connectivity index (χ1v) is 39.4. The van der Waals surface area contributed by atoms with Crippen molar-refractivity contribution in [2.75, 3.05) is 26.2 Å². The quantitative estimate of drug-likeness (QED) is 0.00833. The van der Waals surface area contributed by atoms with Gasteiger partial charge >= 0.3 is 196 Å². The van der Waals surface area contributed by atoms with E-state index < -0.39 is 94.1 Å². The van der Waals surface area contributed by atoms with Crippen molar-refractivity contribution in [2.24, 2.45) is 16.1 Å². The molecule has 0 bridgehead atoms. The first kappa shape index (κ1) is 109. The molecule has 12 aromatic rings. The Hall–Kier alpha value is -7.11. The summed E-state index contributed by atoms with van der Waals surface area (Å²) in [4.78, 5) is 68.6. The summed E-state index contributed by atoms with van der Waals surface area (Å²) in [5.74, 6) is -6.47. The molecule has 0 amide bonds. The third-order valence-corrected chi connectivity index (χ3v) is 21.2. The van der Waals surface area contributed by atoms with Gasteiger partial charge in [0.15, 0.2) is 17.5 Å². The number of likely N-dealkylation sites (tertiary alicyclic amines) is 1. The summed E-state index contributed by atoms with van der Waals surface area (Å²) >= 11 is 11.9. The number of hydrogen-bond acceptors (Lipinski definition) is 26. The molecule has 2 saturated heterocycles. The minimum atomic E-state index is -4.50. The van der Waals surface area contributed by atoms with Crippen molar-refractivity contribution < 1.29 is 226 Å². The Morgan fingerprint density at radius 1 is 0.548 bits per heavy atom. The standard InChI is InChI=1S/C26H21F7N4O3S.C20H12BrF4N3O3S.C20H13F4N3O3S.C6H10F3N.CH2O3.Al.BHNS.B.2K.HN.H/c27-19-11-17(5-6-18(19)22-35-24(38)40-36-22)39-13-21-20(12-37-9-7-16(8-10-37)26(31,32)33)34-23(41-21)14-1-3-15(4-2-14)25(28,29)30;21-8-15-16(32-18(26-15)10-1-3-11(4-2-10)20(23,24)25)9-30-12-5-6-13(14(22)7-12)17-27-19(29)31-28-17;1-10-16(31-18(25-10)11-2-4-12(5-3-11)20(22,23)24)9-29-13-6-7-14(15(21)8-13)17-26-19(28)30-27-17;7-6(8,9)5-1-3-10-4-2-5;2-1-4-3;;1-2-3;;;;;/h1-6,11,16H,7-10,12-13H2,(H,35,36,38);1-7H,8-9H2,(H,27,28,29);2-8H,9H2,1H3,(H,26,27,28);5,10H,1-4H2;1,3H;;3H;;;;1H;/q;;;;;;;;2*+1;;-1/p-1. The van der Waals surface area contributed by atoms with E-state index in [1.807, 2.05) is 4.90 Å². The molecule has 8 heterocycles. The molecule has 657 valence electrons. The number of carbonyl (C=O) groups is 1. The Bertz CT molecular complexity index is 5630. The molecule has 5 radical (unpaired) electrons. The van der Waals surface area contributed by atoms with Gasteiger partial charge in [0, 0.05) is 55.2 Å². The summed E-state index contributed by atoms with van der Waals surface area (Å²) in [5, 5.41) is 23.6. The van der Waals surface area contributed by atoms with E-state index in [1.165, 1.54) is 107 Å². The Balaban J connectivity index is 0.000000359. The van der Waals surface area contributed by atoms with Gasteiger partial charge in [-0.1, -0.05) is 67.8 Å². The molecule has 0 spiro atoms. The van der Waals surface area contributed by atoms with Crippen LogP contribution in [0.25, 0.3) is 65.9 Å². The van der Waals surface area contributed by atoms with E-state index in [0.29, 0.717) is 72.1 Å². The van der Waals surface area contributed by atoms with E-state index in [0.717, 1.165) is 64.4 Å². The maximum absolute atomic E-state index is 14.7. The molecule has 2 aliphatic rings. The number of ether oxygens (including phenoxy) is 3. The van der Waals surface area contributed by atoms with E-state index in [-0.39, 0.29) is 236 Å². The summed E-state index contributed by atoms with van der Waals surface area (Å²) in [6.45, 7) is 3.31. The Kier molecular flexibility index (Phi) is 44.2. The Morgan fingerprint density at radius 2 is 0.849 bits per heavy atom. The monoisotopic (exact) mass is 1990 g/mol. The van der Waals surface area contributed by atoms with E-state index in [2.05, 4.69) is 110 Å². The zero-order valence-electron chi connectivity index (χ0n) is 66.1. The molecule has 126 heavy (non-hydrogen) atoms. The number of rotatable bonds is 19. The normalized spacial score (nSPS) is 13.0. The molecule has 14 rings (SSSR count). The van der Waals surface area contributed by atoms with Crippen LogP contribution in [0.3, 0.4) is 0 Å². The number of aromatic amines is 3. The summed E-state index contributed by atoms with van der Waals surface area (Å²) in [6, 6.07) is 26.0. The average molecular weight is 1990 g/mol. The molecule has 0 saturated carbocycles. The topological polar surface area (TPSA) is 344 Å². The van der Waals surface area contributed by atoms with Crippen LogP contribution in [-0.4, -0.2) is 127 Å². The number of aromatic nitrogens is 9. The molecule has 0 atom stereocenters. The molecular weight excluding hydrogens is 1930 g/mol. The van der Waals surface area contributed by atoms with Crippen LogP contribution in [-0.2, 0) is 59.9 Å². The van der Waals surface area contributed by atoms with E-state index in [1.54, 1.807) is 23.0 Å². The second-order valence-electron chi connectivity index (χ2n) is 25.3. The zero-order valence-corrected chi connectivity index (χ0v) is 77.4. The minimum absolute atomic E-state index is 0. The van der Waals surface area contributed by atoms with Crippen molar-refractivity contribution in [3.8, 4) is 83.1 Å². The van der Waals surface area contributed by atoms with Crippen molar-refractivity contribution in [2.45, 2.75) is 95.2 Å². The molecule has 6 aromatic carbocycles. The van der Waals surface area contributed by atoms with Crippen LogP contribution in [0.15, 0.2) is 160 Å². The van der Waals surface area contributed by atoms with Crippen LogP contribution >= 0.6 is 62.8 Å². The van der Waals surface area contributed by atoms with Gasteiger partial charge in [-0.25, -0.2) is 42.5 Å². The molecular formula is C73H60AlB2BrF18K2N13O12S4. The number of hydrogen-bond donors (Lipinski definition) is 6.